The average molecular weight is 184 g/mol. The fourth-order valence-corrected chi connectivity index (χ4v) is 1.30. The normalized spacial score (nSPS) is 38.2. The van der Waals surface area contributed by atoms with Crippen LogP contribution in [0.2, 0.25) is 0 Å². The molecular formula is C9H12O4. The number of hydrogen-bond donors (Lipinski definition) is 0. The summed E-state index contributed by atoms with van der Waals surface area (Å²) in [6.07, 6.45) is 1.14. The van der Waals surface area contributed by atoms with E-state index in [-0.39, 0.29) is 6.10 Å². The molecule has 2 aliphatic rings. The van der Waals surface area contributed by atoms with Crippen LogP contribution in [-0.4, -0.2) is 25.5 Å². The zero-order chi connectivity index (χ0) is 9.31. The molecule has 4 nitrogen and oxygen atoms in total. The monoisotopic (exact) mass is 184 g/mol. The van der Waals surface area contributed by atoms with Gasteiger partial charge in [0, 0.05) is 0 Å². The predicted molar refractivity (Wildman–Crippen MR) is 44.5 cm³/mol. The highest BCUT2D eigenvalue weighted by atomic mass is 17.1. The summed E-state index contributed by atoms with van der Waals surface area (Å²) in [6.45, 7) is 8.01. The second-order valence-corrected chi connectivity index (χ2v) is 3.00. The van der Waals surface area contributed by atoms with Gasteiger partial charge in [0.15, 0.2) is 0 Å². The van der Waals surface area contributed by atoms with Crippen LogP contribution in [0.5, 0.6) is 0 Å². The molecule has 2 atom stereocenters. The molecule has 0 aromatic rings. The van der Waals surface area contributed by atoms with Crippen LogP contribution in [-0.2, 0) is 18.9 Å². The van der Waals surface area contributed by atoms with E-state index in [0.717, 1.165) is 6.42 Å². The minimum absolute atomic E-state index is 0.0385. The summed E-state index contributed by atoms with van der Waals surface area (Å²) in [7, 11) is 0. The van der Waals surface area contributed by atoms with E-state index in [1.165, 1.54) is 0 Å². The predicted octanol–water partition coefficient (Wildman–Crippen LogP) is 1.15. The van der Waals surface area contributed by atoms with E-state index in [2.05, 4.69) is 13.2 Å². The molecule has 0 saturated carbocycles. The molecule has 0 bridgehead atoms. The van der Waals surface area contributed by atoms with Crippen molar-refractivity contribution in [3.05, 3.63) is 25.0 Å². The lowest BCUT2D eigenvalue weighted by molar-refractivity contribution is -0.421. The third-order valence-electron chi connectivity index (χ3n) is 1.87. The molecule has 2 heterocycles. The van der Waals surface area contributed by atoms with Gasteiger partial charge in [-0.1, -0.05) is 12.7 Å². The fraction of sp³-hybridized carbons (Fsp3) is 0.556. The number of rotatable bonds is 2. The summed E-state index contributed by atoms with van der Waals surface area (Å²) in [5.41, 5.74) is 0. The van der Waals surface area contributed by atoms with E-state index >= 15 is 0 Å². The maximum Gasteiger partial charge on any atom is 0.461 e. The van der Waals surface area contributed by atoms with E-state index in [4.69, 9.17) is 18.9 Å². The Kier molecular flexibility index (Phi) is 2.11. The molecule has 2 saturated heterocycles. The van der Waals surface area contributed by atoms with Gasteiger partial charge in [0.2, 0.25) is 0 Å². The van der Waals surface area contributed by atoms with Crippen molar-refractivity contribution in [2.75, 3.05) is 13.2 Å². The minimum atomic E-state index is -1.31. The van der Waals surface area contributed by atoms with E-state index in [0.29, 0.717) is 19.0 Å². The molecule has 0 radical (unpaired) electrons. The van der Waals surface area contributed by atoms with E-state index in [1.807, 2.05) is 0 Å². The molecule has 1 spiro atoms. The lowest BCUT2D eigenvalue weighted by Gasteiger charge is -2.18. The minimum Gasteiger partial charge on any atom is -0.419 e. The maximum atomic E-state index is 5.42. The van der Waals surface area contributed by atoms with Gasteiger partial charge in [0.25, 0.3) is 0 Å². The molecule has 2 unspecified atom stereocenters. The Bertz CT molecular complexity index is 238. The Morgan fingerprint density at radius 1 is 1.54 bits per heavy atom. The van der Waals surface area contributed by atoms with Crippen molar-refractivity contribution in [1.82, 2.24) is 0 Å². The largest absolute Gasteiger partial charge is 0.461 e. The molecule has 0 aromatic heterocycles. The summed E-state index contributed by atoms with van der Waals surface area (Å²) in [4.78, 5) is 0. The van der Waals surface area contributed by atoms with Gasteiger partial charge in [-0.3, -0.25) is 14.2 Å². The summed E-state index contributed by atoms with van der Waals surface area (Å²) in [5.74, 6) is 0.527. The van der Waals surface area contributed by atoms with Gasteiger partial charge in [-0.15, -0.1) is 6.58 Å². The lowest BCUT2D eigenvalue weighted by atomic mass is 10.3. The van der Waals surface area contributed by atoms with Crippen molar-refractivity contribution in [3.8, 4) is 0 Å². The zero-order valence-electron chi connectivity index (χ0n) is 7.32. The molecule has 72 valence electrons. The van der Waals surface area contributed by atoms with Crippen LogP contribution in [0.4, 0.5) is 0 Å². The summed E-state index contributed by atoms with van der Waals surface area (Å²) < 4.78 is 21.1. The molecule has 0 amide bonds. The Labute approximate surface area is 76.7 Å². The molecule has 2 rings (SSSR count). The Morgan fingerprint density at radius 2 is 2.38 bits per heavy atom. The SMILES string of the molecule is C=CCC1COC2(OCC(=C)O2)O1. The second kappa shape index (κ2) is 3.14. The first-order valence-electron chi connectivity index (χ1n) is 4.17. The highest BCUT2D eigenvalue weighted by molar-refractivity contribution is 4.89. The first-order valence-corrected chi connectivity index (χ1v) is 4.17. The zero-order valence-corrected chi connectivity index (χ0v) is 7.32. The van der Waals surface area contributed by atoms with Crippen molar-refractivity contribution in [2.24, 2.45) is 0 Å². The van der Waals surface area contributed by atoms with Gasteiger partial charge in [-0.25, -0.2) is 0 Å². The van der Waals surface area contributed by atoms with Gasteiger partial charge in [-0.05, 0) is 6.42 Å². The smallest absolute Gasteiger partial charge is 0.419 e. The van der Waals surface area contributed by atoms with Crippen molar-refractivity contribution in [3.63, 3.8) is 0 Å². The molecular weight excluding hydrogens is 172 g/mol. The third kappa shape index (κ3) is 1.60. The van der Waals surface area contributed by atoms with Gasteiger partial charge < -0.3 is 4.74 Å². The van der Waals surface area contributed by atoms with Crippen molar-refractivity contribution in [2.45, 2.75) is 18.7 Å². The average Bonchev–Trinajstić information content (AvgIpc) is 2.62. The first-order chi connectivity index (χ1) is 6.24. The van der Waals surface area contributed by atoms with Crippen LogP contribution >= 0.6 is 0 Å². The van der Waals surface area contributed by atoms with Gasteiger partial charge in [0.1, 0.15) is 12.4 Å². The topological polar surface area (TPSA) is 36.9 Å². The van der Waals surface area contributed by atoms with Gasteiger partial charge >= 0.3 is 6.16 Å². The quantitative estimate of drug-likeness (QED) is 0.603. The van der Waals surface area contributed by atoms with Crippen LogP contribution in [0.3, 0.4) is 0 Å². The first kappa shape index (κ1) is 8.74. The summed E-state index contributed by atoms with van der Waals surface area (Å²) >= 11 is 0. The third-order valence-corrected chi connectivity index (χ3v) is 1.87. The molecule has 2 aliphatic heterocycles. The molecule has 13 heavy (non-hydrogen) atoms. The van der Waals surface area contributed by atoms with Crippen LogP contribution in [0, 0.1) is 0 Å². The molecule has 0 aromatic carbocycles. The summed E-state index contributed by atoms with van der Waals surface area (Å²) in [6, 6.07) is 0. The number of hydrogen-bond acceptors (Lipinski definition) is 4. The van der Waals surface area contributed by atoms with Crippen LogP contribution in [0.1, 0.15) is 6.42 Å². The highest BCUT2D eigenvalue weighted by Crippen LogP contribution is 2.34. The van der Waals surface area contributed by atoms with Crippen LogP contribution in [0.15, 0.2) is 25.0 Å². The summed E-state index contributed by atoms with van der Waals surface area (Å²) in [5, 5.41) is 0. The highest BCUT2D eigenvalue weighted by Gasteiger charge is 2.50. The van der Waals surface area contributed by atoms with E-state index < -0.39 is 6.16 Å². The Balaban J connectivity index is 1.96. The lowest BCUT2D eigenvalue weighted by Crippen LogP contribution is -2.31. The fourth-order valence-electron chi connectivity index (χ4n) is 1.30. The molecule has 0 aliphatic carbocycles. The van der Waals surface area contributed by atoms with Crippen molar-refractivity contribution < 1.29 is 18.9 Å². The van der Waals surface area contributed by atoms with E-state index in [9.17, 15) is 0 Å². The van der Waals surface area contributed by atoms with Crippen molar-refractivity contribution in [1.29, 1.82) is 0 Å². The van der Waals surface area contributed by atoms with E-state index in [1.54, 1.807) is 6.08 Å². The second-order valence-electron chi connectivity index (χ2n) is 3.00. The standard InChI is InChI=1S/C9H12O4/c1-3-4-8-6-11-9(13-8)10-5-7(2)12-9/h3,8H,1-2,4-6H2. The Morgan fingerprint density at radius 3 is 3.00 bits per heavy atom. The van der Waals surface area contributed by atoms with Crippen LogP contribution in [0.25, 0.3) is 0 Å². The maximum absolute atomic E-state index is 5.42. The molecule has 0 N–H and O–H groups in total. The van der Waals surface area contributed by atoms with Gasteiger partial charge in [0.05, 0.1) is 12.7 Å². The number of ether oxygens (including phenoxy) is 4. The van der Waals surface area contributed by atoms with Crippen LogP contribution < -0.4 is 0 Å². The Hall–Kier alpha value is -0.840. The molecule has 4 heteroatoms. The van der Waals surface area contributed by atoms with Gasteiger partial charge in [-0.2, -0.15) is 0 Å². The molecule has 2 fully saturated rings. The van der Waals surface area contributed by atoms with Crippen molar-refractivity contribution >= 4 is 0 Å².